The van der Waals surface area contributed by atoms with Gasteiger partial charge in [-0.15, -0.1) is 0 Å². The predicted octanol–water partition coefficient (Wildman–Crippen LogP) is 3.77. The zero-order valence-electron chi connectivity index (χ0n) is 12.4. The summed E-state index contributed by atoms with van der Waals surface area (Å²) in [5.74, 6) is -0.129. The molecule has 0 aliphatic carbocycles. The molecule has 0 saturated heterocycles. The minimum atomic E-state index is -0.657. The minimum absolute atomic E-state index is 0.0819. The standard InChI is InChI=1S/C17H13BrO5/c1-8(19)9(2)22-11-6-13(20)16-15(7-11)23-14-4-3-10(18)5-12(14)17(16)21/h3-7,9,20H,1-2H3. The van der Waals surface area contributed by atoms with E-state index < -0.39 is 6.10 Å². The maximum absolute atomic E-state index is 12.6. The van der Waals surface area contributed by atoms with Gasteiger partial charge >= 0.3 is 0 Å². The second-order valence-electron chi connectivity index (χ2n) is 5.26. The van der Waals surface area contributed by atoms with Crippen LogP contribution in [0.15, 0.2) is 44.0 Å². The molecule has 0 spiro atoms. The monoisotopic (exact) mass is 376 g/mol. The minimum Gasteiger partial charge on any atom is -0.507 e. The molecule has 0 saturated carbocycles. The van der Waals surface area contributed by atoms with Crippen LogP contribution in [-0.4, -0.2) is 17.0 Å². The number of ether oxygens (including phenoxy) is 1. The van der Waals surface area contributed by atoms with Gasteiger partial charge in [0.15, 0.2) is 11.9 Å². The summed E-state index contributed by atoms with van der Waals surface area (Å²) in [5.41, 5.74) is 0.281. The Bertz CT molecular complexity index is 990. The van der Waals surface area contributed by atoms with Crippen molar-refractivity contribution >= 4 is 43.7 Å². The van der Waals surface area contributed by atoms with Crippen LogP contribution in [0.2, 0.25) is 0 Å². The molecule has 1 aromatic heterocycles. The lowest BCUT2D eigenvalue weighted by atomic mass is 10.1. The first-order chi connectivity index (χ1) is 10.9. The molecular weight excluding hydrogens is 364 g/mol. The number of rotatable bonds is 3. The average molecular weight is 377 g/mol. The van der Waals surface area contributed by atoms with E-state index in [1.807, 2.05) is 0 Å². The summed E-state index contributed by atoms with van der Waals surface area (Å²) in [6, 6.07) is 7.88. The van der Waals surface area contributed by atoms with Crippen LogP contribution in [0.5, 0.6) is 11.5 Å². The third-order valence-corrected chi connectivity index (χ3v) is 4.07. The Morgan fingerprint density at radius 2 is 2.00 bits per heavy atom. The molecule has 0 aliphatic heterocycles. The zero-order chi connectivity index (χ0) is 16.7. The maximum Gasteiger partial charge on any atom is 0.204 e. The van der Waals surface area contributed by atoms with E-state index in [9.17, 15) is 14.7 Å². The number of halogens is 1. The second-order valence-corrected chi connectivity index (χ2v) is 6.17. The van der Waals surface area contributed by atoms with E-state index in [4.69, 9.17) is 9.15 Å². The SMILES string of the molecule is CC(=O)C(C)Oc1cc(O)c2c(=O)c3cc(Br)ccc3oc2c1. The maximum atomic E-state index is 12.6. The number of Topliss-reactive ketones (excluding diaryl/α,β-unsaturated/α-hetero) is 1. The number of phenolic OH excluding ortho intramolecular Hbond substituents is 1. The number of benzene rings is 2. The summed E-state index contributed by atoms with van der Waals surface area (Å²) in [7, 11) is 0. The van der Waals surface area contributed by atoms with E-state index in [2.05, 4.69) is 15.9 Å². The van der Waals surface area contributed by atoms with Gasteiger partial charge in [0, 0.05) is 16.6 Å². The number of hydrogen-bond donors (Lipinski definition) is 1. The van der Waals surface area contributed by atoms with E-state index in [1.54, 1.807) is 25.1 Å². The van der Waals surface area contributed by atoms with E-state index >= 15 is 0 Å². The van der Waals surface area contributed by atoms with Crippen molar-refractivity contribution in [3.63, 3.8) is 0 Å². The Hall–Kier alpha value is -2.34. The van der Waals surface area contributed by atoms with Crippen molar-refractivity contribution in [3.05, 3.63) is 45.0 Å². The van der Waals surface area contributed by atoms with Crippen LogP contribution in [0.1, 0.15) is 13.8 Å². The van der Waals surface area contributed by atoms with E-state index in [-0.39, 0.29) is 33.7 Å². The number of ketones is 1. The summed E-state index contributed by atoms with van der Waals surface area (Å²) in [6.07, 6.45) is -0.657. The molecule has 6 heteroatoms. The molecule has 1 unspecified atom stereocenters. The highest BCUT2D eigenvalue weighted by Crippen LogP contribution is 2.31. The Kier molecular flexibility index (Phi) is 3.85. The lowest BCUT2D eigenvalue weighted by Crippen LogP contribution is -2.20. The summed E-state index contributed by atoms with van der Waals surface area (Å²) in [6.45, 7) is 3.02. The highest BCUT2D eigenvalue weighted by Gasteiger charge is 2.16. The second kappa shape index (κ2) is 5.70. The molecule has 2 aromatic carbocycles. The van der Waals surface area contributed by atoms with Gasteiger partial charge in [0.05, 0.1) is 5.39 Å². The van der Waals surface area contributed by atoms with E-state index in [1.165, 1.54) is 19.1 Å². The molecule has 1 N–H and O–H groups in total. The smallest absolute Gasteiger partial charge is 0.204 e. The van der Waals surface area contributed by atoms with Crippen LogP contribution in [0.4, 0.5) is 0 Å². The van der Waals surface area contributed by atoms with Gasteiger partial charge in [0.2, 0.25) is 5.43 Å². The zero-order valence-corrected chi connectivity index (χ0v) is 14.0. The normalized spacial score (nSPS) is 12.5. The molecule has 0 bridgehead atoms. The van der Waals surface area contributed by atoms with Crippen molar-refractivity contribution in [1.82, 2.24) is 0 Å². The van der Waals surface area contributed by atoms with Crippen molar-refractivity contribution in [2.75, 3.05) is 0 Å². The summed E-state index contributed by atoms with van der Waals surface area (Å²) < 4.78 is 11.9. The van der Waals surface area contributed by atoms with Crippen LogP contribution in [0.3, 0.4) is 0 Å². The molecule has 3 aromatic rings. The van der Waals surface area contributed by atoms with Crippen LogP contribution in [0, 0.1) is 0 Å². The summed E-state index contributed by atoms with van der Waals surface area (Å²) in [5, 5.41) is 10.6. The molecule has 23 heavy (non-hydrogen) atoms. The van der Waals surface area contributed by atoms with Crippen LogP contribution >= 0.6 is 15.9 Å². The van der Waals surface area contributed by atoms with Crippen molar-refractivity contribution < 1.29 is 19.1 Å². The van der Waals surface area contributed by atoms with Crippen molar-refractivity contribution in [3.8, 4) is 11.5 Å². The number of aromatic hydroxyl groups is 1. The number of carbonyl (C=O) groups excluding carboxylic acids is 1. The van der Waals surface area contributed by atoms with Crippen LogP contribution in [0.25, 0.3) is 21.9 Å². The lowest BCUT2D eigenvalue weighted by molar-refractivity contribution is -0.122. The third-order valence-electron chi connectivity index (χ3n) is 3.57. The van der Waals surface area contributed by atoms with E-state index in [0.717, 1.165) is 4.47 Å². The molecule has 118 valence electrons. The molecule has 5 nitrogen and oxygen atoms in total. The van der Waals surface area contributed by atoms with Gasteiger partial charge in [-0.1, -0.05) is 15.9 Å². The van der Waals surface area contributed by atoms with Crippen LogP contribution in [-0.2, 0) is 4.79 Å². The highest BCUT2D eigenvalue weighted by atomic mass is 79.9. The molecule has 0 amide bonds. The molecule has 3 rings (SSSR count). The Labute approximate surface area is 139 Å². The fourth-order valence-corrected chi connectivity index (χ4v) is 2.62. The topological polar surface area (TPSA) is 76.7 Å². The largest absolute Gasteiger partial charge is 0.507 e. The first kappa shape index (κ1) is 15.6. The number of phenols is 1. The quantitative estimate of drug-likeness (QED) is 0.704. The molecule has 0 radical (unpaired) electrons. The van der Waals surface area contributed by atoms with E-state index in [0.29, 0.717) is 11.0 Å². The Balaban J connectivity index is 2.25. The molecule has 1 atom stereocenters. The fourth-order valence-electron chi connectivity index (χ4n) is 2.26. The van der Waals surface area contributed by atoms with Crippen molar-refractivity contribution in [2.24, 2.45) is 0 Å². The lowest BCUT2D eigenvalue weighted by Gasteiger charge is -2.12. The number of hydrogen-bond acceptors (Lipinski definition) is 5. The Morgan fingerprint density at radius 1 is 1.26 bits per heavy atom. The van der Waals surface area contributed by atoms with Gasteiger partial charge in [-0.3, -0.25) is 9.59 Å². The number of carbonyl (C=O) groups is 1. The van der Waals surface area contributed by atoms with Gasteiger partial charge in [0.25, 0.3) is 0 Å². The third kappa shape index (κ3) is 2.82. The summed E-state index contributed by atoms with van der Waals surface area (Å²) >= 11 is 3.31. The van der Waals surface area contributed by atoms with Crippen LogP contribution < -0.4 is 10.2 Å². The van der Waals surface area contributed by atoms with Crippen molar-refractivity contribution in [1.29, 1.82) is 0 Å². The molecule has 1 heterocycles. The van der Waals surface area contributed by atoms with Crippen molar-refractivity contribution in [2.45, 2.75) is 20.0 Å². The summed E-state index contributed by atoms with van der Waals surface area (Å²) in [4.78, 5) is 23.9. The van der Waals surface area contributed by atoms with Gasteiger partial charge < -0.3 is 14.3 Å². The molecule has 0 aliphatic rings. The van der Waals surface area contributed by atoms with Gasteiger partial charge in [-0.05, 0) is 32.0 Å². The number of fused-ring (bicyclic) bond motifs is 2. The highest BCUT2D eigenvalue weighted by molar-refractivity contribution is 9.10. The molecule has 0 fully saturated rings. The average Bonchev–Trinajstić information content (AvgIpc) is 2.47. The fraction of sp³-hybridized carbons (Fsp3) is 0.176. The first-order valence-electron chi connectivity index (χ1n) is 6.93. The predicted molar refractivity (Wildman–Crippen MR) is 90.1 cm³/mol. The molecular formula is C17H13BrO5. The van der Waals surface area contributed by atoms with Gasteiger partial charge in [0.1, 0.15) is 28.1 Å². The first-order valence-corrected chi connectivity index (χ1v) is 7.72. The Morgan fingerprint density at radius 3 is 2.70 bits per heavy atom. The van der Waals surface area contributed by atoms with Gasteiger partial charge in [-0.25, -0.2) is 0 Å². The van der Waals surface area contributed by atoms with Gasteiger partial charge in [-0.2, -0.15) is 0 Å².